The molecule has 184 valence electrons. The minimum atomic E-state index is -0.348. The lowest BCUT2D eigenvalue weighted by Crippen LogP contribution is -2.24. The molecule has 0 saturated heterocycles. The van der Waals surface area contributed by atoms with Crippen LogP contribution in [0.3, 0.4) is 0 Å². The topological polar surface area (TPSA) is 77.7 Å². The van der Waals surface area contributed by atoms with Crippen LogP contribution >= 0.6 is 0 Å². The summed E-state index contributed by atoms with van der Waals surface area (Å²) in [6.07, 6.45) is 4.43. The Morgan fingerprint density at radius 3 is 2.44 bits per heavy atom. The fraction of sp³-hybridized carbons (Fsp3) is 0.207. The SMILES string of the molecule is CCCOc1ccc(-c2nn(-c3ccccc3)cc2C=NNC(=O)COc2ccc(C)c(C)c2)cc1. The highest BCUT2D eigenvalue weighted by Crippen LogP contribution is 2.25. The third kappa shape index (κ3) is 6.39. The van der Waals surface area contributed by atoms with E-state index in [2.05, 4.69) is 17.5 Å². The van der Waals surface area contributed by atoms with Crippen LogP contribution in [0.1, 0.15) is 30.0 Å². The van der Waals surface area contributed by atoms with Crippen LogP contribution in [-0.4, -0.2) is 35.1 Å². The second kappa shape index (κ2) is 11.8. The quantitative estimate of drug-likeness (QED) is 0.240. The lowest BCUT2D eigenvalue weighted by molar-refractivity contribution is -0.123. The van der Waals surface area contributed by atoms with E-state index in [-0.39, 0.29) is 12.5 Å². The number of hydrogen-bond donors (Lipinski definition) is 1. The van der Waals surface area contributed by atoms with Gasteiger partial charge >= 0.3 is 0 Å². The number of hydrogen-bond acceptors (Lipinski definition) is 5. The molecule has 4 aromatic rings. The highest BCUT2D eigenvalue weighted by Gasteiger charge is 2.12. The van der Waals surface area contributed by atoms with Gasteiger partial charge in [0.15, 0.2) is 6.61 Å². The molecule has 4 rings (SSSR count). The number of ether oxygens (including phenoxy) is 2. The minimum absolute atomic E-state index is 0.130. The summed E-state index contributed by atoms with van der Waals surface area (Å²) >= 11 is 0. The smallest absolute Gasteiger partial charge is 0.277 e. The summed E-state index contributed by atoms with van der Waals surface area (Å²) < 4.78 is 13.1. The number of aryl methyl sites for hydroxylation is 2. The zero-order valence-electron chi connectivity index (χ0n) is 20.8. The van der Waals surface area contributed by atoms with Crippen molar-refractivity contribution in [2.75, 3.05) is 13.2 Å². The molecule has 1 N–H and O–H groups in total. The van der Waals surface area contributed by atoms with Gasteiger partial charge in [-0.3, -0.25) is 4.79 Å². The van der Waals surface area contributed by atoms with E-state index in [0.29, 0.717) is 12.4 Å². The second-order valence-corrected chi connectivity index (χ2v) is 8.41. The number of benzene rings is 3. The van der Waals surface area contributed by atoms with Gasteiger partial charge in [0, 0.05) is 17.3 Å². The van der Waals surface area contributed by atoms with Gasteiger partial charge in [0.1, 0.15) is 17.2 Å². The van der Waals surface area contributed by atoms with Crippen molar-refractivity contribution in [3.63, 3.8) is 0 Å². The molecule has 1 amide bonds. The van der Waals surface area contributed by atoms with Crippen molar-refractivity contribution in [2.45, 2.75) is 27.2 Å². The molecule has 0 aliphatic heterocycles. The molecular weight excluding hydrogens is 452 g/mol. The summed E-state index contributed by atoms with van der Waals surface area (Å²) in [5.41, 5.74) is 8.16. The van der Waals surface area contributed by atoms with Gasteiger partial charge in [0.05, 0.1) is 18.5 Å². The molecule has 0 saturated carbocycles. The van der Waals surface area contributed by atoms with Crippen molar-refractivity contribution >= 4 is 12.1 Å². The highest BCUT2D eigenvalue weighted by atomic mass is 16.5. The molecule has 7 heteroatoms. The normalized spacial score (nSPS) is 11.0. The van der Waals surface area contributed by atoms with Crippen LogP contribution in [0.15, 0.2) is 84.1 Å². The van der Waals surface area contributed by atoms with Crippen molar-refractivity contribution in [1.29, 1.82) is 0 Å². The van der Waals surface area contributed by atoms with E-state index < -0.39 is 0 Å². The van der Waals surface area contributed by atoms with Crippen molar-refractivity contribution < 1.29 is 14.3 Å². The van der Waals surface area contributed by atoms with Crippen molar-refractivity contribution in [1.82, 2.24) is 15.2 Å². The summed E-state index contributed by atoms with van der Waals surface area (Å²) in [5, 5.41) is 8.93. The Morgan fingerprint density at radius 1 is 0.972 bits per heavy atom. The van der Waals surface area contributed by atoms with Crippen molar-refractivity contribution in [2.24, 2.45) is 5.10 Å². The first kappa shape index (κ1) is 24.7. The van der Waals surface area contributed by atoms with Crippen LogP contribution in [0.4, 0.5) is 0 Å². The molecule has 1 heterocycles. The van der Waals surface area contributed by atoms with Gasteiger partial charge in [0.2, 0.25) is 0 Å². The maximum atomic E-state index is 12.3. The molecular formula is C29H30N4O3. The van der Waals surface area contributed by atoms with Gasteiger partial charge in [-0.2, -0.15) is 10.2 Å². The Morgan fingerprint density at radius 2 is 1.72 bits per heavy atom. The van der Waals surface area contributed by atoms with Gasteiger partial charge in [-0.05, 0) is 79.9 Å². The molecule has 0 atom stereocenters. The van der Waals surface area contributed by atoms with Gasteiger partial charge < -0.3 is 9.47 Å². The molecule has 0 fully saturated rings. The zero-order valence-corrected chi connectivity index (χ0v) is 20.8. The molecule has 0 aliphatic carbocycles. The van der Waals surface area contributed by atoms with E-state index in [1.54, 1.807) is 10.9 Å². The largest absolute Gasteiger partial charge is 0.494 e. The minimum Gasteiger partial charge on any atom is -0.494 e. The molecule has 0 bridgehead atoms. The van der Waals surface area contributed by atoms with Crippen molar-refractivity contribution in [3.05, 3.63) is 95.7 Å². The summed E-state index contributed by atoms with van der Waals surface area (Å²) in [6, 6.07) is 23.4. The van der Waals surface area contributed by atoms with Crippen LogP contribution in [0.5, 0.6) is 11.5 Å². The first-order valence-electron chi connectivity index (χ1n) is 11.9. The molecule has 0 unspecified atom stereocenters. The Kier molecular flexibility index (Phi) is 8.13. The third-order valence-corrected chi connectivity index (χ3v) is 5.61. The van der Waals surface area contributed by atoms with Crippen LogP contribution in [0.2, 0.25) is 0 Å². The number of amides is 1. The lowest BCUT2D eigenvalue weighted by Gasteiger charge is -2.07. The van der Waals surface area contributed by atoms with E-state index in [0.717, 1.165) is 40.2 Å². The Labute approximate surface area is 211 Å². The number of carbonyl (C=O) groups is 1. The molecule has 3 aromatic carbocycles. The lowest BCUT2D eigenvalue weighted by atomic mass is 10.1. The van der Waals surface area contributed by atoms with Gasteiger partial charge in [-0.25, -0.2) is 10.1 Å². The van der Waals surface area contributed by atoms with E-state index >= 15 is 0 Å². The third-order valence-electron chi connectivity index (χ3n) is 5.61. The molecule has 36 heavy (non-hydrogen) atoms. The maximum Gasteiger partial charge on any atom is 0.277 e. The van der Waals surface area contributed by atoms with Crippen LogP contribution < -0.4 is 14.9 Å². The number of carbonyl (C=O) groups excluding carboxylic acids is 1. The second-order valence-electron chi connectivity index (χ2n) is 8.41. The number of aromatic nitrogens is 2. The van der Waals surface area contributed by atoms with Gasteiger partial charge in [0.25, 0.3) is 5.91 Å². The van der Waals surface area contributed by atoms with E-state index in [1.807, 2.05) is 92.8 Å². The van der Waals surface area contributed by atoms with Crippen molar-refractivity contribution in [3.8, 4) is 28.4 Å². The van der Waals surface area contributed by atoms with E-state index in [4.69, 9.17) is 14.6 Å². The average Bonchev–Trinajstić information content (AvgIpc) is 3.33. The van der Waals surface area contributed by atoms with E-state index in [1.165, 1.54) is 5.56 Å². The van der Waals surface area contributed by atoms with Crippen LogP contribution in [0, 0.1) is 13.8 Å². The molecule has 0 spiro atoms. The first-order valence-corrected chi connectivity index (χ1v) is 11.9. The number of para-hydroxylation sites is 1. The Hall–Kier alpha value is -4.39. The number of nitrogens with zero attached hydrogens (tertiary/aromatic N) is 3. The molecule has 1 aromatic heterocycles. The summed E-state index contributed by atoms with van der Waals surface area (Å²) in [5.74, 6) is 1.11. The Bertz CT molecular complexity index is 1330. The van der Waals surface area contributed by atoms with Crippen LogP contribution in [0.25, 0.3) is 16.9 Å². The summed E-state index contributed by atoms with van der Waals surface area (Å²) in [4.78, 5) is 12.3. The predicted octanol–water partition coefficient (Wildman–Crippen LogP) is 5.47. The van der Waals surface area contributed by atoms with Gasteiger partial charge in [-0.1, -0.05) is 31.2 Å². The molecule has 0 radical (unpaired) electrons. The predicted molar refractivity (Wildman–Crippen MR) is 142 cm³/mol. The fourth-order valence-corrected chi connectivity index (χ4v) is 3.51. The summed E-state index contributed by atoms with van der Waals surface area (Å²) in [6.45, 7) is 6.65. The molecule has 0 aliphatic rings. The van der Waals surface area contributed by atoms with E-state index in [9.17, 15) is 4.79 Å². The monoisotopic (exact) mass is 482 g/mol. The Balaban J connectivity index is 1.48. The number of nitrogens with one attached hydrogen (secondary N) is 1. The highest BCUT2D eigenvalue weighted by molar-refractivity contribution is 5.89. The zero-order chi connectivity index (χ0) is 25.3. The summed E-state index contributed by atoms with van der Waals surface area (Å²) in [7, 11) is 0. The standard InChI is InChI=1S/C29H30N4O3/c1-4-16-35-26-14-11-23(12-15-26)29-24(19-33(32-29)25-8-6-5-7-9-25)18-30-31-28(34)20-36-27-13-10-21(2)22(3)17-27/h5-15,17-19H,4,16,20H2,1-3H3,(H,31,34). The first-order chi connectivity index (χ1) is 17.5. The number of hydrazone groups is 1. The fourth-order valence-electron chi connectivity index (χ4n) is 3.51. The van der Waals surface area contributed by atoms with Gasteiger partial charge in [-0.15, -0.1) is 0 Å². The maximum absolute atomic E-state index is 12.3. The van der Waals surface area contributed by atoms with Crippen LogP contribution in [-0.2, 0) is 4.79 Å². The number of rotatable bonds is 10. The average molecular weight is 483 g/mol. The molecule has 7 nitrogen and oxygen atoms in total.